The predicted octanol–water partition coefficient (Wildman–Crippen LogP) is 5.86. The van der Waals surface area contributed by atoms with Gasteiger partial charge in [0.2, 0.25) is 53.2 Å². The highest BCUT2D eigenvalue weighted by Gasteiger charge is 2.22. The number of hydrogen-bond donors (Lipinski definition) is 0. The summed E-state index contributed by atoms with van der Waals surface area (Å²) in [5.74, 6) is -8.04. The minimum atomic E-state index is -1.19. The largest absolute Gasteiger partial charge is 0.334 e. The molecule has 0 aliphatic carbocycles. The van der Waals surface area contributed by atoms with Crippen molar-refractivity contribution in [3.8, 4) is 68.5 Å². The zero-order valence-corrected chi connectivity index (χ0v) is 21.7. The molecule has 0 aliphatic rings. The number of nitrogens with zero attached hydrogens (tertiary/aromatic N) is 9. The second-order valence-electron chi connectivity index (χ2n) is 8.99. The maximum absolute atomic E-state index is 14.3. The molecule has 1 aromatic carbocycles. The molecule has 6 aromatic heterocycles. The van der Waals surface area contributed by atoms with Gasteiger partial charge in [0, 0.05) is 16.7 Å². The van der Waals surface area contributed by atoms with Gasteiger partial charge in [0.15, 0.2) is 0 Å². The van der Waals surface area contributed by atoms with Gasteiger partial charge in [-0.25, -0.2) is 0 Å². The number of halogens is 6. The van der Waals surface area contributed by atoms with Gasteiger partial charge < -0.3 is 13.6 Å². The van der Waals surface area contributed by atoms with Crippen LogP contribution in [-0.4, -0.2) is 45.4 Å². The Hall–Kier alpha value is -6.33. The summed E-state index contributed by atoms with van der Waals surface area (Å²) in [6, 6.07) is 10.2. The van der Waals surface area contributed by atoms with Gasteiger partial charge in [-0.2, -0.15) is 56.2 Å². The van der Waals surface area contributed by atoms with Gasteiger partial charge in [0.25, 0.3) is 17.7 Å². The molecule has 45 heavy (non-hydrogen) atoms. The van der Waals surface area contributed by atoms with Gasteiger partial charge in [-0.3, -0.25) is 0 Å². The summed E-state index contributed by atoms with van der Waals surface area (Å²) in [5.41, 5.74) is -0.288. The normalized spacial score (nSPS) is 11.3. The van der Waals surface area contributed by atoms with Crippen LogP contribution in [0, 0.1) is 35.7 Å². The molecule has 0 saturated carbocycles. The first-order chi connectivity index (χ1) is 21.7. The molecule has 0 radical (unpaired) electrons. The summed E-state index contributed by atoms with van der Waals surface area (Å²) in [5, 5.41) is 11.3. The fourth-order valence-electron chi connectivity index (χ4n) is 4.08. The van der Waals surface area contributed by atoms with Crippen LogP contribution in [0.3, 0.4) is 0 Å². The maximum Gasteiger partial charge on any atom is 0.262 e. The molecule has 0 aliphatic heterocycles. The first-order valence-electron chi connectivity index (χ1n) is 12.4. The molecule has 222 valence electrons. The van der Waals surface area contributed by atoms with Crippen LogP contribution in [0.1, 0.15) is 0 Å². The summed E-state index contributed by atoms with van der Waals surface area (Å²) in [7, 11) is 0. The van der Waals surface area contributed by atoms with Crippen LogP contribution in [0.25, 0.3) is 68.5 Å². The molecule has 7 rings (SSSR count). The van der Waals surface area contributed by atoms with Crippen molar-refractivity contribution < 1.29 is 39.9 Å². The Balaban J connectivity index is 1.33. The average molecular weight is 621 g/mol. The summed E-state index contributed by atoms with van der Waals surface area (Å²) < 4.78 is 98.5. The van der Waals surface area contributed by atoms with Crippen LogP contribution >= 0.6 is 0 Å². The number of hydrogen-bond acceptors (Lipinski definition) is 12. The minimum Gasteiger partial charge on any atom is -0.334 e. The quantitative estimate of drug-likeness (QED) is 0.161. The van der Waals surface area contributed by atoms with E-state index in [4.69, 9.17) is 13.6 Å². The molecule has 0 spiro atoms. The fraction of sp³-hybridized carbons (Fsp3) is 0. The van der Waals surface area contributed by atoms with E-state index in [1.165, 1.54) is 18.2 Å². The zero-order valence-electron chi connectivity index (χ0n) is 21.7. The molecule has 0 N–H and O–H groups in total. The summed E-state index contributed by atoms with van der Waals surface area (Å²) in [6.07, 6.45) is 0. The van der Waals surface area contributed by atoms with Crippen LogP contribution < -0.4 is 0 Å². The van der Waals surface area contributed by atoms with Crippen LogP contribution in [-0.2, 0) is 0 Å². The third-order valence-corrected chi connectivity index (χ3v) is 6.12. The van der Waals surface area contributed by atoms with Crippen LogP contribution in [0.2, 0.25) is 0 Å². The van der Waals surface area contributed by atoms with Crippen molar-refractivity contribution in [2.45, 2.75) is 0 Å². The van der Waals surface area contributed by atoms with Gasteiger partial charge in [0.1, 0.15) is 0 Å². The molecule has 18 heteroatoms. The van der Waals surface area contributed by atoms with E-state index < -0.39 is 35.7 Å². The van der Waals surface area contributed by atoms with Gasteiger partial charge >= 0.3 is 0 Å². The molecule has 0 saturated heterocycles. The van der Waals surface area contributed by atoms with Crippen molar-refractivity contribution >= 4 is 0 Å². The van der Waals surface area contributed by atoms with E-state index in [1.807, 2.05) is 0 Å². The highest BCUT2D eigenvalue weighted by Crippen LogP contribution is 2.34. The van der Waals surface area contributed by atoms with Crippen molar-refractivity contribution in [2.75, 3.05) is 0 Å². The minimum absolute atomic E-state index is 0.112. The van der Waals surface area contributed by atoms with E-state index >= 15 is 0 Å². The molecule has 7 aromatic rings. The Bertz CT molecular complexity index is 1980. The van der Waals surface area contributed by atoms with E-state index in [9.17, 15) is 26.3 Å². The monoisotopic (exact) mass is 621 g/mol. The van der Waals surface area contributed by atoms with Crippen molar-refractivity contribution in [3.63, 3.8) is 0 Å². The molecule has 0 fully saturated rings. The zero-order chi connectivity index (χ0) is 31.2. The third kappa shape index (κ3) is 5.24. The van der Waals surface area contributed by atoms with Gasteiger partial charge in [-0.05, 0) is 54.6 Å². The van der Waals surface area contributed by atoms with E-state index in [1.54, 1.807) is 0 Å². The Morgan fingerprint density at radius 3 is 1.22 bits per heavy atom. The van der Waals surface area contributed by atoms with Crippen molar-refractivity contribution in [1.29, 1.82) is 0 Å². The SMILES string of the molecule is Fc1ccc(-c2noc(-c3cc(-c4noc(-c5ccc(F)nc5F)n4)cc(-c4nc(-c5ccc(F)nc5F)no4)c3)n2)c(F)n1. The molecule has 0 bridgehead atoms. The average Bonchev–Trinajstić information content (AvgIpc) is 3.79. The highest BCUT2D eigenvalue weighted by molar-refractivity contribution is 5.75. The van der Waals surface area contributed by atoms with Crippen molar-refractivity contribution in [1.82, 2.24) is 45.4 Å². The third-order valence-electron chi connectivity index (χ3n) is 6.12. The molecule has 12 nitrogen and oxygen atoms in total. The standard InChI is InChI=1S/C27H9F6N9O3/c28-16-4-1-13(19(31)34-16)23-38-25(43-41-23)11-7-10(22-37-27(45-40-22)15-3-6-18(30)36-21(15)33)8-12(9-11)26-39-24(42-44-26)14-2-5-17(29)35-20(14)32/h1-9H. The maximum atomic E-state index is 14.3. The number of pyridine rings is 3. The van der Waals surface area contributed by atoms with E-state index in [0.717, 1.165) is 36.4 Å². The summed E-state index contributed by atoms with van der Waals surface area (Å²) >= 11 is 0. The summed E-state index contributed by atoms with van der Waals surface area (Å²) in [6.45, 7) is 0. The van der Waals surface area contributed by atoms with Crippen molar-refractivity contribution in [3.05, 3.63) is 90.3 Å². The molecular weight excluding hydrogens is 612 g/mol. The van der Waals surface area contributed by atoms with Gasteiger partial charge in [0.05, 0.1) is 16.7 Å². The lowest BCUT2D eigenvalue weighted by Gasteiger charge is -2.03. The Kier molecular flexibility index (Phi) is 6.56. The van der Waals surface area contributed by atoms with Crippen molar-refractivity contribution in [2.24, 2.45) is 0 Å². The topological polar surface area (TPSA) is 155 Å². The lowest BCUT2D eigenvalue weighted by molar-refractivity contribution is 0.426. The fourth-order valence-corrected chi connectivity index (χ4v) is 4.08. The van der Waals surface area contributed by atoms with Gasteiger partial charge in [-0.15, -0.1) is 0 Å². The van der Waals surface area contributed by atoms with E-state index in [-0.39, 0.29) is 68.5 Å². The predicted molar refractivity (Wildman–Crippen MR) is 136 cm³/mol. The van der Waals surface area contributed by atoms with Crippen LogP contribution in [0.4, 0.5) is 26.3 Å². The van der Waals surface area contributed by atoms with E-state index in [0.29, 0.717) is 0 Å². The number of rotatable bonds is 6. The summed E-state index contributed by atoms with van der Waals surface area (Å²) in [4.78, 5) is 21.8. The number of aromatic nitrogens is 9. The number of benzene rings is 1. The smallest absolute Gasteiger partial charge is 0.262 e. The van der Waals surface area contributed by atoms with Crippen LogP contribution in [0.15, 0.2) is 68.2 Å². The van der Waals surface area contributed by atoms with Gasteiger partial charge in [-0.1, -0.05) is 15.5 Å². The first kappa shape index (κ1) is 27.5. The molecule has 0 amide bonds. The molecular formula is C27H9F6N9O3. The molecule has 6 heterocycles. The Morgan fingerprint density at radius 1 is 0.378 bits per heavy atom. The van der Waals surface area contributed by atoms with E-state index in [2.05, 4.69) is 45.4 Å². The second kappa shape index (κ2) is 10.7. The molecule has 0 atom stereocenters. The highest BCUT2D eigenvalue weighted by atomic mass is 19.2. The van der Waals surface area contributed by atoms with Crippen LogP contribution in [0.5, 0.6) is 0 Å². The first-order valence-corrected chi connectivity index (χ1v) is 12.4. The second-order valence-corrected chi connectivity index (χ2v) is 8.99. The lowest BCUT2D eigenvalue weighted by Crippen LogP contribution is -1.94. The lowest BCUT2D eigenvalue weighted by atomic mass is 10.0. The molecule has 0 unspecified atom stereocenters. The Morgan fingerprint density at radius 2 is 0.756 bits per heavy atom. The Labute approximate surface area is 244 Å².